The molecule has 1 rings (SSSR count). The summed E-state index contributed by atoms with van der Waals surface area (Å²) in [6, 6.07) is 5.65. The molecular formula is C15H23BrN2O2. The number of nitrogens with zero attached hydrogens (tertiary/aromatic N) is 1. The lowest BCUT2D eigenvalue weighted by atomic mass is 10.0. The van der Waals surface area contributed by atoms with E-state index < -0.39 is 0 Å². The van der Waals surface area contributed by atoms with Crippen LogP contribution in [0.25, 0.3) is 0 Å². The van der Waals surface area contributed by atoms with Gasteiger partial charge in [-0.05, 0) is 54.1 Å². The van der Waals surface area contributed by atoms with Gasteiger partial charge >= 0.3 is 0 Å². The van der Waals surface area contributed by atoms with Crippen LogP contribution in [-0.2, 0) is 0 Å². The van der Waals surface area contributed by atoms with Gasteiger partial charge in [-0.1, -0.05) is 13.8 Å². The van der Waals surface area contributed by atoms with Gasteiger partial charge in [-0.15, -0.1) is 0 Å². The molecule has 0 unspecified atom stereocenters. The number of carbonyl (C=O) groups excluding carboxylic acids is 1. The fourth-order valence-corrected chi connectivity index (χ4v) is 2.65. The van der Waals surface area contributed by atoms with Gasteiger partial charge in [0.1, 0.15) is 5.75 Å². The summed E-state index contributed by atoms with van der Waals surface area (Å²) in [7, 11) is 5.66. The van der Waals surface area contributed by atoms with E-state index >= 15 is 0 Å². The van der Waals surface area contributed by atoms with Crippen molar-refractivity contribution in [1.82, 2.24) is 10.2 Å². The van der Waals surface area contributed by atoms with Crippen molar-refractivity contribution in [3.63, 3.8) is 0 Å². The number of nitrogens with one attached hydrogen (secondary N) is 1. The maximum Gasteiger partial charge on any atom is 0.252 e. The van der Waals surface area contributed by atoms with Crippen LogP contribution in [0.5, 0.6) is 5.75 Å². The number of likely N-dealkylation sites (N-methyl/N-ethyl adjacent to an activating group) is 1. The van der Waals surface area contributed by atoms with Gasteiger partial charge in [0.05, 0.1) is 12.7 Å². The van der Waals surface area contributed by atoms with Gasteiger partial charge in [-0.3, -0.25) is 4.79 Å². The first kappa shape index (κ1) is 17.0. The number of hydrogen-bond donors (Lipinski definition) is 1. The smallest absolute Gasteiger partial charge is 0.252 e. The van der Waals surface area contributed by atoms with Crippen LogP contribution in [0.15, 0.2) is 22.7 Å². The highest BCUT2D eigenvalue weighted by Gasteiger charge is 2.18. The average molecular weight is 343 g/mol. The number of halogens is 1. The van der Waals surface area contributed by atoms with Crippen molar-refractivity contribution in [3.8, 4) is 5.75 Å². The Kier molecular flexibility index (Phi) is 6.49. The zero-order valence-corrected chi connectivity index (χ0v) is 14.3. The number of hydrogen-bond acceptors (Lipinski definition) is 3. The minimum atomic E-state index is -0.0768. The molecule has 0 bridgehead atoms. The summed E-state index contributed by atoms with van der Waals surface area (Å²) in [5.74, 6) is 1.12. The molecule has 0 fully saturated rings. The van der Waals surface area contributed by atoms with Crippen molar-refractivity contribution in [1.29, 1.82) is 0 Å². The molecule has 0 aromatic heterocycles. The molecule has 112 valence electrons. The molecule has 0 aliphatic carbocycles. The van der Waals surface area contributed by atoms with Crippen LogP contribution in [-0.4, -0.2) is 44.6 Å². The Balaban J connectivity index is 2.72. The molecule has 0 radical (unpaired) electrons. The van der Waals surface area contributed by atoms with E-state index in [2.05, 4.69) is 40.0 Å². The first-order valence-electron chi connectivity index (χ1n) is 6.65. The predicted molar refractivity (Wildman–Crippen MR) is 85.3 cm³/mol. The Morgan fingerprint density at radius 1 is 1.40 bits per heavy atom. The molecule has 4 nitrogen and oxygen atoms in total. The van der Waals surface area contributed by atoms with E-state index in [9.17, 15) is 4.79 Å². The van der Waals surface area contributed by atoms with Crippen LogP contribution in [0.4, 0.5) is 0 Å². The largest absolute Gasteiger partial charge is 0.497 e. The summed E-state index contributed by atoms with van der Waals surface area (Å²) in [6.45, 7) is 4.93. The molecule has 1 aromatic carbocycles. The summed E-state index contributed by atoms with van der Waals surface area (Å²) in [4.78, 5) is 14.3. The average Bonchev–Trinajstić information content (AvgIpc) is 2.37. The van der Waals surface area contributed by atoms with E-state index in [1.807, 2.05) is 14.1 Å². The van der Waals surface area contributed by atoms with Crippen molar-refractivity contribution in [2.45, 2.75) is 19.9 Å². The second-order valence-corrected chi connectivity index (χ2v) is 6.19. The van der Waals surface area contributed by atoms with Crippen molar-refractivity contribution < 1.29 is 9.53 Å². The SMILES string of the molecule is COc1ccc(C(=O)NC[C@@H](C(C)C)N(C)C)c(Br)c1. The van der Waals surface area contributed by atoms with Crippen LogP contribution in [0.2, 0.25) is 0 Å². The molecule has 1 amide bonds. The number of ether oxygens (including phenoxy) is 1. The second-order valence-electron chi connectivity index (χ2n) is 5.33. The Hall–Kier alpha value is -1.07. The monoisotopic (exact) mass is 342 g/mol. The summed E-state index contributed by atoms with van der Waals surface area (Å²) in [5, 5.41) is 2.99. The minimum Gasteiger partial charge on any atom is -0.497 e. The van der Waals surface area contributed by atoms with Crippen molar-refractivity contribution >= 4 is 21.8 Å². The third-order valence-electron chi connectivity index (χ3n) is 3.33. The Morgan fingerprint density at radius 3 is 2.50 bits per heavy atom. The first-order valence-corrected chi connectivity index (χ1v) is 7.44. The van der Waals surface area contributed by atoms with Gasteiger partial charge in [0.25, 0.3) is 5.91 Å². The lowest BCUT2D eigenvalue weighted by Gasteiger charge is -2.28. The number of amides is 1. The van der Waals surface area contributed by atoms with Gasteiger partial charge in [-0.2, -0.15) is 0 Å². The van der Waals surface area contributed by atoms with E-state index in [0.717, 1.165) is 10.2 Å². The quantitative estimate of drug-likeness (QED) is 0.864. The highest BCUT2D eigenvalue weighted by atomic mass is 79.9. The summed E-state index contributed by atoms with van der Waals surface area (Å²) < 4.78 is 5.86. The van der Waals surface area contributed by atoms with E-state index in [1.165, 1.54) is 0 Å². The number of rotatable bonds is 6. The zero-order valence-electron chi connectivity index (χ0n) is 12.7. The highest BCUT2D eigenvalue weighted by molar-refractivity contribution is 9.10. The van der Waals surface area contributed by atoms with Crippen molar-refractivity contribution in [2.75, 3.05) is 27.7 Å². The molecule has 0 heterocycles. The highest BCUT2D eigenvalue weighted by Crippen LogP contribution is 2.22. The molecule has 1 aromatic rings. The Morgan fingerprint density at radius 2 is 2.05 bits per heavy atom. The fourth-order valence-electron chi connectivity index (χ4n) is 2.11. The fraction of sp³-hybridized carbons (Fsp3) is 0.533. The summed E-state index contributed by atoms with van der Waals surface area (Å²) >= 11 is 3.40. The van der Waals surface area contributed by atoms with Crippen LogP contribution in [0.1, 0.15) is 24.2 Å². The predicted octanol–water partition coefficient (Wildman–Crippen LogP) is 2.77. The van der Waals surface area contributed by atoms with Gasteiger partial charge < -0.3 is 15.0 Å². The van der Waals surface area contributed by atoms with Crippen LogP contribution >= 0.6 is 15.9 Å². The van der Waals surface area contributed by atoms with Gasteiger partial charge in [-0.25, -0.2) is 0 Å². The normalized spacial score (nSPS) is 12.6. The maximum absolute atomic E-state index is 12.2. The van der Waals surface area contributed by atoms with E-state index in [1.54, 1.807) is 25.3 Å². The number of methoxy groups -OCH3 is 1. The molecule has 1 N–H and O–H groups in total. The van der Waals surface area contributed by atoms with Crippen LogP contribution < -0.4 is 10.1 Å². The summed E-state index contributed by atoms with van der Waals surface area (Å²) in [5.41, 5.74) is 0.618. The van der Waals surface area contributed by atoms with Crippen LogP contribution in [0.3, 0.4) is 0 Å². The molecule has 0 saturated heterocycles. The molecule has 1 atom stereocenters. The molecule has 5 heteroatoms. The second kappa shape index (κ2) is 7.64. The van der Waals surface area contributed by atoms with Gasteiger partial charge in [0.15, 0.2) is 0 Å². The number of benzene rings is 1. The van der Waals surface area contributed by atoms with Gasteiger partial charge in [0.2, 0.25) is 0 Å². The maximum atomic E-state index is 12.2. The van der Waals surface area contributed by atoms with Gasteiger partial charge in [0, 0.05) is 17.1 Å². The molecule has 0 aliphatic rings. The molecule has 20 heavy (non-hydrogen) atoms. The van der Waals surface area contributed by atoms with Crippen molar-refractivity contribution in [2.24, 2.45) is 5.92 Å². The Bertz CT molecular complexity index is 453. The summed E-state index contributed by atoms with van der Waals surface area (Å²) in [6.07, 6.45) is 0. The standard InChI is InChI=1S/C15H23BrN2O2/c1-10(2)14(18(3)4)9-17-15(19)12-7-6-11(20-5)8-13(12)16/h6-8,10,14H,9H2,1-5H3,(H,17,19)/t14-/m0/s1. The van der Waals surface area contributed by atoms with Crippen molar-refractivity contribution in [3.05, 3.63) is 28.2 Å². The zero-order chi connectivity index (χ0) is 15.3. The number of carbonyl (C=O) groups is 1. The Labute approximate surface area is 129 Å². The first-order chi connectivity index (χ1) is 9.36. The lowest BCUT2D eigenvalue weighted by molar-refractivity contribution is 0.0934. The third kappa shape index (κ3) is 4.49. The third-order valence-corrected chi connectivity index (χ3v) is 3.98. The molecule has 0 spiro atoms. The molecular weight excluding hydrogens is 320 g/mol. The van der Waals surface area contributed by atoms with E-state index in [-0.39, 0.29) is 5.91 Å². The van der Waals surface area contributed by atoms with Crippen LogP contribution in [0, 0.1) is 5.92 Å². The molecule has 0 aliphatic heterocycles. The minimum absolute atomic E-state index is 0.0768. The van der Waals surface area contributed by atoms with E-state index in [4.69, 9.17) is 4.74 Å². The molecule has 0 saturated carbocycles. The topological polar surface area (TPSA) is 41.6 Å². The van der Waals surface area contributed by atoms with E-state index in [0.29, 0.717) is 24.1 Å². The lowest BCUT2D eigenvalue weighted by Crippen LogP contribution is -2.43.